The van der Waals surface area contributed by atoms with Crippen LogP contribution in [0.3, 0.4) is 0 Å². The minimum atomic E-state index is -0.358. The first-order chi connectivity index (χ1) is 14.5. The third kappa shape index (κ3) is 5.33. The standard InChI is InChI=1S/C23H20BrN3O3/c1-2-21(28)25-15-11-13-16(14-12-15)26-23(30)18-8-4-6-10-20(18)27-22(29)17-7-3-5-9-19(17)24/h3-14H,2H2,1H3,(H,25,28)(H,26,30)(H,27,29). The summed E-state index contributed by atoms with van der Waals surface area (Å²) in [7, 11) is 0. The van der Waals surface area contributed by atoms with E-state index in [0.717, 1.165) is 0 Å². The normalized spacial score (nSPS) is 10.2. The van der Waals surface area contributed by atoms with Crippen LogP contribution in [0.2, 0.25) is 0 Å². The molecule has 3 N–H and O–H groups in total. The first kappa shape index (κ1) is 21.3. The van der Waals surface area contributed by atoms with Crippen molar-refractivity contribution in [2.45, 2.75) is 13.3 Å². The topological polar surface area (TPSA) is 87.3 Å². The number of carbonyl (C=O) groups is 3. The molecule has 0 aromatic heterocycles. The predicted octanol–water partition coefficient (Wildman–Crippen LogP) is 5.30. The lowest BCUT2D eigenvalue weighted by molar-refractivity contribution is -0.115. The third-order valence-corrected chi connectivity index (χ3v) is 4.98. The van der Waals surface area contributed by atoms with Gasteiger partial charge in [0, 0.05) is 22.3 Å². The zero-order chi connectivity index (χ0) is 21.5. The molecular weight excluding hydrogens is 446 g/mol. The van der Waals surface area contributed by atoms with E-state index in [1.165, 1.54) is 0 Å². The molecule has 152 valence electrons. The maximum absolute atomic E-state index is 12.8. The van der Waals surface area contributed by atoms with E-state index in [0.29, 0.717) is 39.1 Å². The highest BCUT2D eigenvalue weighted by atomic mass is 79.9. The lowest BCUT2D eigenvalue weighted by atomic mass is 10.1. The zero-order valence-corrected chi connectivity index (χ0v) is 17.8. The van der Waals surface area contributed by atoms with Gasteiger partial charge in [-0.25, -0.2) is 0 Å². The van der Waals surface area contributed by atoms with Crippen molar-refractivity contribution in [1.29, 1.82) is 0 Å². The molecule has 0 radical (unpaired) electrons. The fourth-order valence-electron chi connectivity index (χ4n) is 2.71. The van der Waals surface area contributed by atoms with E-state index in [1.54, 1.807) is 73.7 Å². The summed E-state index contributed by atoms with van der Waals surface area (Å²) in [4.78, 5) is 36.9. The van der Waals surface area contributed by atoms with Crippen LogP contribution in [0.5, 0.6) is 0 Å². The van der Waals surface area contributed by atoms with Gasteiger partial charge in [-0.2, -0.15) is 0 Å². The van der Waals surface area contributed by atoms with E-state index in [1.807, 2.05) is 6.07 Å². The number of carbonyl (C=O) groups excluding carboxylic acids is 3. The molecule has 0 heterocycles. The minimum absolute atomic E-state index is 0.0819. The summed E-state index contributed by atoms with van der Waals surface area (Å²) in [5.41, 5.74) is 2.43. The summed E-state index contributed by atoms with van der Waals surface area (Å²) in [6.07, 6.45) is 0.389. The Morgan fingerprint density at radius 2 is 1.23 bits per heavy atom. The first-order valence-corrected chi connectivity index (χ1v) is 10.1. The van der Waals surface area contributed by atoms with Crippen molar-refractivity contribution in [2.75, 3.05) is 16.0 Å². The van der Waals surface area contributed by atoms with Crippen LogP contribution in [0.15, 0.2) is 77.3 Å². The maximum atomic E-state index is 12.8. The maximum Gasteiger partial charge on any atom is 0.257 e. The Labute approximate surface area is 182 Å². The van der Waals surface area contributed by atoms with Crippen LogP contribution in [-0.4, -0.2) is 17.7 Å². The zero-order valence-electron chi connectivity index (χ0n) is 16.2. The summed E-state index contributed by atoms with van der Waals surface area (Å²) in [5.74, 6) is -0.761. The van der Waals surface area contributed by atoms with Crippen molar-refractivity contribution in [3.05, 3.63) is 88.4 Å². The SMILES string of the molecule is CCC(=O)Nc1ccc(NC(=O)c2ccccc2NC(=O)c2ccccc2Br)cc1. The van der Waals surface area contributed by atoms with Crippen molar-refractivity contribution in [2.24, 2.45) is 0 Å². The molecule has 0 atom stereocenters. The second-order valence-electron chi connectivity index (χ2n) is 6.41. The molecule has 3 aromatic rings. The Morgan fingerprint density at radius 1 is 0.700 bits per heavy atom. The van der Waals surface area contributed by atoms with Gasteiger partial charge >= 0.3 is 0 Å². The number of amides is 3. The van der Waals surface area contributed by atoms with Crippen LogP contribution in [0.4, 0.5) is 17.1 Å². The fraction of sp³-hybridized carbons (Fsp3) is 0.0870. The molecule has 0 bridgehead atoms. The molecule has 0 aliphatic rings. The van der Waals surface area contributed by atoms with Crippen molar-refractivity contribution < 1.29 is 14.4 Å². The highest BCUT2D eigenvalue weighted by molar-refractivity contribution is 9.10. The monoisotopic (exact) mass is 465 g/mol. The third-order valence-electron chi connectivity index (χ3n) is 4.29. The summed E-state index contributed by atoms with van der Waals surface area (Å²) in [6, 6.07) is 20.7. The fourth-order valence-corrected chi connectivity index (χ4v) is 3.17. The lowest BCUT2D eigenvalue weighted by Gasteiger charge is -2.12. The molecule has 0 aliphatic carbocycles. The Morgan fingerprint density at radius 3 is 1.87 bits per heavy atom. The Hall–Kier alpha value is -3.45. The van der Waals surface area contributed by atoms with Gasteiger partial charge < -0.3 is 16.0 Å². The van der Waals surface area contributed by atoms with E-state index in [4.69, 9.17) is 0 Å². The molecule has 0 spiro atoms. The highest BCUT2D eigenvalue weighted by Crippen LogP contribution is 2.22. The van der Waals surface area contributed by atoms with Gasteiger partial charge in [0.05, 0.1) is 16.8 Å². The number of hydrogen-bond acceptors (Lipinski definition) is 3. The number of hydrogen-bond donors (Lipinski definition) is 3. The van der Waals surface area contributed by atoms with Crippen LogP contribution >= 0.6 is 15.9 Å². The summed E-state index contributed by atoms with van der Waals surface area (Å²) < 4.78 is 0.666. The van der Waals surface area contributed by atoms with Gasteiger partial charge in [0.15, 0.2) is 0 Å². The number of para-hydroxylation sites is 1. The molecular formula is C23H20BrN3O3. The minimum Gasteiger partial charge on any atom is -0.326 e. The molecule has 3 amide bonds. The van der Waals surface area contributed by atoms with Gasteiger partial charge in [-0.1, -0.05) is 31.2 Å². The van der Waals surface area contributed by atoms with Crippen LogP contribution in [-0.2, 0) is 4.79 Å². The quantitative estimate of drug-likeness (QED) is 0.461. The van der Waals surface area contributed by atoms with Crippen molar-refractivity contribution in [3.8, 4) is 0 Å². The van der Waals surface area contributed by atoms with Crippen molar-refractivity contribution in [1.82, 2.24) is 0 Å². The van der Waals surface area contributed by atoms with Gasteiger partial charge in [-0.05, 0) is 64.5 Å². The smallest absolute Gasteiger partial charge is 0.257 e. The molecule has 3 rings (SSSR count). The molecule has 0 fully saturated rings. The van der Waals surface area contributed by atoms with Crippen molar-refractivity contribution >= 4 is 50.7 Å². The van der Waals surface area contributed by atoms with E-state index in [-0.39, 0.29) is 17.7 Å². The average Bonchev–Trinajstić information content (AvgIpc) is 2.75. The lowest BCUT2D eigenvalue weighted by Crippen LogP contribution is -2.18. The summed E-state index contributed by atoms with van der Waals surface area (Å²) in [6.45, 7) is 1.77. The number of nitrogens with one attached hydrogen (secondary N) is 3. The van der Waals surface area contributed by atoms with Crippen LogP contribution in [0.1, 0.15) is 34.1 Å². The summed E-state index contributed by atoms with van der Waals surface area (Å²) >= 11 is 3.36. The van der Waals surface area contributed by atoms with Gasteiger partial charge in [-0.15, -0.1) is 0 Å². The number of halogens is 1. The molecule has 7 heteroatoms. The second kappa shape index (κ2) is 9.84. The molecule has 0 saturated heterocycles. The predicted molar refractivity (Wildman–Crippen MR) is 122 cm³/mol. The highest BCUT2D eigenvalue weighted by Gasteiger charge is 2.15. The molecule has 6 nitrogen and oxygen atoms in total. The van der Waals surface area contributed by atoms with E-state index in [9.17, 15) is 14.4 Å². The Kier molecular flexibility index (Phi) is 6.98. The number of anilines is 3. The number of rotatable bonds is 6. The average molecular weight is 466 g/mol. The van der Waals surface area contributed by atoms with Gasteiger partial charge in [-0.3, -0.25) is 14.4 Å². The number of benzene rings is 3. The first-order valence-electron chi connectivity index (χ1n) is 9.34. The molecule has 0 saturated carbocycles. The van der Waals surface area contributed by atoms with E-state index < -0.39 is 0 Å². The van der Waals surface area contributed by atoms with Gasteiger partial charge in [0.2, 0.25) is 5.91 Å². The molecule has 30 heavy (non-hydrogen) atoms. The summed E-state index contributed by atoms with van der Waals surface area (Å²) in [5, 5.41) is 8.35. The van der Waals surface area contributed by atoms with Crippen LogP contribution in [0.25, 0.3) is 0 Å². The largest absolute Gasteiger partial charge is 0.326 e. The van der Waals surface area contributed by atoms with E-state index in [2.05, 4.69) is 31.9 Å². The van der Waals surface area contributed by atoms with Crippen molar-refractivity contribution in [3.63, 3.8) is 0 Å². The molecule has 3 aromatic carbocycles. The van der Waals surface area contributed by atoms with E-state index >= 15 is 0 Å². The van der Waals surface area contributed by atoms with Crippen LogP contribution < -0.4 is 16.0 Å². The van der Waals surface area contributed by atoms with Gasteiger partial charge in [0.25, 0.3) is 11.8 Å². The Bertz CT molecular complexity index is 1080. The molecule has 0 aliphatic heterocycles. The van der Waals surface area contributed by atoms with Crippen LogP contribution in [0, 0.1) is 0 Å². The van der Waals surface area contributed by atoms with Gasteiger partial charge in [0.1, 0.15) is 0 Å². The second-order valence-corrected chi connectivity index (χ2v) is 7.27. The molecule has 0 unspecified atom stereocenters. The Balaban J connectivity index is 1.73.